The van der Waals surface area contributed by atoms with Crippen LogP contribution < -0.4 is 10.9 Å². The molecule has 1 heterocycles. The molecule has 6 nitrogen and oxygen atoms in total. The fourth-order valence-corrected chi connectivity index (χ4v) is 1.50. The Morgan fingerprint density at radius 1 is 1.59 bits per heavy atom. The van der Waals surface area contributed by atoms with Crippen molar-refractivity contribution >= 4 is 11.7 Å². The van der Waals surface area contributed by atoms with Crippen molar-refractivity contribution in [1.29, 1.82) is 0 Å². The van der Waals surface area contributed by atoms with Crippen molar-refractivity contribution in [3.8, 4) is 0 Å². The number of anilines is 1. The lowest BCUT2D eigenvalue weighted by Gasteiger charge is -2.11. The van der Waals surface area contributed by atoms with Crippen LogP contribution in [0.2, 0.25) is 0 Å². The summed E-state index contributed by atoms with van der Waals surface area (Å²) in [4.78, 5) is 28.8. The van der Waals surface area contributed by atoms with E-state index in [1.165, 1.54) is 4.90 Å². The third-order valence-corrected chi connectivity index (χ3v) is 2.71. The van der Waals surface area contributed by atoms with Crippen LogP contribution in [-0.2, 0) is 4.79 Å². The molecule has 0 bridgehead atoms. The first-order valence-electron chi connectivity index (χ1n) is 5.61. The van der Waals surface area contributed by atoms with E-state index in [9.17, 15) is 9.59 Å². The molecule has 1 amide bonds. The number of carbonyl (C=O) groups is 1. The first-order valence-corrected chi connectivity index (χ1v) is 5.61. The summed E-state index contributed by atoms with van der Waals surface area (Å²) in [5.74, 6) is 0.155. The minimum absolute atomic E-state index is 0.0872. The van der Waals surface area contributed by atoms with Crippen LogP contribution in [0.15, 0.2) is 17.2 Å². The van der Waals surface area contributed by atoms with E-state index in [1.807, 2.05) is 0 Å². The molecule has 1 aliphatic rings. The van der Waals surface area contributed by atoms with E-state index < -0.39 is 0 Å². The van der Waals surface area contributed by atoms with Gasteiger partial charge in [0, 0.05) is 32.5 Å². The van der Waals surface area contributed by atoms with Crippen LogP contribution in [0.5, 0.6) is 0 Å². The summed E-state index contributed by atoms with van der Waals surface area (Å²) >= 11 is 0. The zero-order chi connectivity index (χ0) is 12.4. The lowest BCUT2D eigenvalue weighted by Crippen LogP contribution is -2.31. The number of nitrogens with zero attached hydrogens (tertiary/aromatic N) is 3. The van der Waals surface area contributed by atoms with Crippen molar-refractivity contribution in [2.24, 2.45) is 0 Å². The largest absolute Gasteiger partial charge is 0.356 e. The van der Waals surface area contributed by atoms with Gasteiger partial charge in [-0.15, -0.1) is 0 Å². The maximum absolute atomic E-state index is 11.9. The van der Waals surface area contributed by atoms with Crippen molar-refractivity contribution < 1.29 is 4.79 Å². The van der Waals surface area contributed by atoms with Gasteiger partial charge in [-0.25, -0.2) is 4.98 Å². The minimum atomic E-state index is -0.151. The van der Waals surface area contributed by atoms with Gasteiger partial charge in [0.05, 0.1) is 6.54 Å². The first kappa shape index (κ1) is 11.6. The molecule has 6 heteroatoms. The monoisotopic (exact) mass is 236 g/mol. The van der Waals surface area contributed by atoms with Gasteiger partial charge in [-0.05, 0) is 12.8 Å². The summed E-state index contributed by atoms with van der Waals surface area (Å²) in [6.45, 7) is 0.0872. The standard InChI is InChI=1S/C11H16N4O2/c1-14(2)9(16)7-13-10-11(17)15(6-5-12-10)8-3-4-8/h5-6,8H,3-4,7H2,1-2H3,(H,12,13). The molecule has 1 aromatic heterocycles. The lowest BCUT2D eigenvalue weighted by molar-refractivity contribution is -0.126. The molecule has 0 spiro atoms. The third kappa shape index (κ3) is 2.64. The average molecular weight is 236 g/mol. The zero-order valence-electron chi connectivity index (χ0n) is 10.0. The van der Waals surface area contributed by atoms with Crippen molar-refractivity contribution in [3.05, 3.63) is 22.7 Å². The van der Waals surface area contributed by atoms with Crippen LogP contribution in [0, 0.1) is 0 Å². The summed E-state index contributed by atoms with van der Waals surface area (Å²) in [5, 5.41) is 2.78. The van der Waals surface area contributed by atoms with Crippen LogP contribution >= 0.6 is 0 Å². The number of nitrogens with one attached hydrogen (secondary N) is 1. The maximum Gasteiger partial charge on any atom is 0.293 e. The molecule has 1 saturated carbocycles. The number of amides is 1. The Morgan fingerprint density at radius 3 is 2.88 bits per heavy atom. The van der Waals surface area contributed by atoms with Gasteiger partial charge in [-0.3, -0.25) is 9.59 Å². The highest BCUT2D eigenvalue weighted by Crippen LogP contribution is 2.33. The van der Waals surface area contributed by atoms with E-state index in [1.54, 1.807) is 31.1 Å². The van der Waals surface area contributed by atoms with Crippen LogP contribution in [0.25, 0.3) is 0 Å². The Morgan fingerprint density at radius 2 is 2.29 bits per heavy atom. The molecule has 1 aliphatic carbocycles. The molecule has 2 rings (SSSR count). The highest BCUT2D eigenvalue weighted by atomic mass is 16.2. The van der Waals surface area contributed by atoms with Crippen LogP contribution in [-0.4, -0.2) is 41.0 Å². The van der Waals surface area contributed by atoms with Crippen molar-refractivity contribution in [2.75, 3.05) is 26.0 Å². The van der Waals surface area contributed by atoms with Crippen molar-refractivity contribution in [1.82, 2.24) is 14.5 Å². The minimum Gasteiger partial charge on any atom is -0.356 e. The molecular weight excluding hydrogens is 220 g/mol. The van der Waals surface area contributed by atoms with Gasteiger partial charge in [-0.2, -0.15) is 0 Å². The van der Waals surface area contributed by atoms with Gasteiger partial charge in [0.1, 0.15) is 0 Å². The second-order valence-corrected chi connectivity index (χ2v) is 4.36. The summed E-state index contributed by atoms with van der Waals surface area (Å²) in [6.07, 6.45) is 5.36. The molecular formula is C11H16N4O2. The zero-order valence-corrected chi connectivity index (χ0v) is 10.0. The average Bonchev–Trinajstić information content (AvgIpc) is 3.11. The van der Waals surface area contributed by atoms with Gasteiger partial charge >= 0.3 is 0 Å². The smallest absolute Gasteiger partial charge is 0.293 e. The molecule has 0 atom stereocenters. The normalized spacial score (nSPS) is 14.5. The number of rotatable bonds is 4. The van der Waals surface area contributed by atoms with E-state index in [4.69, 9.17) is 0 Å². The fraction of sp³-hybridized carbons (Fsp3) is 0.545. The second-order valence-electron chi connectivity index (χ2n) is 4.36. The highest BCUT2D eigenvalue weighted by Gasteiger charge is 2.25. The second kappa shape index (κ2) is 4.57. The predicted octanol–water partition coefficient (Wildman–Crippen LogP) is 0.0783. The van der Waals surface area contributed by atoms with Crippen LogP contribution in [0.3, 0.4) is 0 Å². The number of hydrogen-bond donors (Lipinski definition) is 1. The number of likely N-dealkylation sites (N-methyl/N-ethyl adjacent to an activating group) is 1. The number of hydrogen-bond acceptors (Lipinski definition) is 4. The van der Waals surface area contributed by atoms with Gasteiger partial charge in [0.15, 0.2) is 5.82 Å². The summed E-state index contributed by atoms with van der Waals surface area (Å²) in [6, 6.07) is 0.315. The lowest BCUT2D eigenvalue weighted by atomic mass is 10.5. The van der Waals surface area contributed by atoms with E-state index in [-0.39, 0.29) is 23.8 Å². The molecule has 0 saturated heterocycles. The Hall–Kier alpha value is -1.85. The molecule has 0 unspecified atom stereocenters. The Balaban J connectivity index is 2.08. The molecule has 17 heavy (non-hydrogen) atoms. The van der Waals surface area contributed by atoms with Gasteiger partial charge in [-0.1, -0.05) is 0 Å². The third-order valence-electron chi connectivity index (χ3n) is 2.71. The van der Waals surface area contributed by atoms with E-state index >= 15 is 0 Å². The molecule has 1 aromatic rings. The highest BCUT2D eigenvalue weighted by molar-refractivity contribution is 5.79. The summed E-state index contributed by atoms with van der Waals surface area (Å²) in [5.41, 5.74) is -0.151. The molecule has 0 aromatic carbocycles. The van der Waals surface area contributed by atoms with E-state index in [0.29, 0.717) is 6.04 Å². The first-order chi connectivity index (χ1) is 8.09. The predicted molar refractivity (Wildman–Crippen MR) is 64.0 cm³/mol. The van der Waals surface area contributed by atoms with E-state index in [2.05, 4.69) is 10.3 Å². The quantitative estimate of drug-likeness (QED) is 0.804. The fourth-order valence-electron chi connectivity index (χ4n) is 1.50. The summed E-state index contributed by atoms with van der Waals surface area (Å²) < 4.78 is 1.68. The molecule has 0 radical (unpaired) electrons. The number of aromatic nitrogens is 2. The molecule has 1 N–H and O–H groups in total. The maximum atomic E-state index is 11.9. The van der Waals surface area contributed by atoms with Crippen molar-refractivity contribution in [2.45, 2.75) is 18.9 Å². The Labute approximate surface area is 99.3 Å². The SMILES string of the molecule is CN(C)C(=O)CNc1nccn(C2CC2)c1=O. The van der Waals surface area contributed by atoms with Crippen molar-refractivity contribution in [3.63, 3.8) is 0 Å². The van der Waals surface area contributed by atoms with Crippen LogP contribution in [0.4, 0.5) is 5.82 Å². The molecule has 0 aliphatic heterocycles. The van der Waals surface area contributed by atoms with Crippen LogP contribution in [0.1, 0.15) is 18.9 Å². The Bertz CT molecular complexity index is 477. The van der Waals surface area contributed by atoms with E-state index in [0.717, 1.165) is 12.8 Å². The van der Waals surface area contributed by atoms with Gasteiger partial charge < -0.3 is 14.8 Å². The molecule has 92 valence electrons. The van der Waals surface area contributed by atoms with Gasteiger partial charge in [0.2, 0.25) is 5.91 Å². The topological polar surface area (TPSA) is 67.2 Å². The Kier molecular flexibility index (Phi) is 3.12. The number of carbonyl (C=O) groups excluding carboxylic acids is 1. The summed E-state index contributed by atoms with van der Waals surface area (Å²) in [7, 11) is 3.34. The molecule has 1 fully saturated rings. The van der Waals surface area contributed by atoms with Gasteiger partial charge in [0.25, 0.3) is 5.56 Å².